The summed E-state index contributed by atoms with van der Waals surface area (Å²) < 4.78 is 27.5. The van der Waals surface area contributed by atoms with Crippen LogP contribution in [0.1, 0.15) is 0 Å². The molecule has 1 heterocycles. The molecule has 0 aliphatic heterocycles. The van der Waals surface area contributed by atoms with Crippen LogP contribution in [0.25, 0.3) is 22.2 Å². The lowest BCUT2D eigenvalue weighted by atomic mass is 10.1. The highest BCUT2D eigenvalue weighted by atomic mass is 79.9. The summed E-state index contributed by atoms with van der Waals surface area (Å²) in [5.41, 5.74) is 1.01. The molecule has 0 spiro atoms. The molecule has 4 aromatic rings. The summed E-state index contributed by atoms with van der Waals surface area (Å²) in [6.07, 6.45) is 0. The summed E-state index contributed by atoms with van der Waals surface area (Å²) in [5.74, 6) is 0. The molecule has 4 rings (SSSR count). The molecular formula is C21H14BrNO3S. The zero-order valence-electron chi connectivity index (χ0n) is 14.0. The molecule has 6 heteroatoms. The fourth-order valence-corrected chi connectivity index (χ4v) is 4.80. The first-order valence-electron chi connectivity index (χ1n) is 8.19. The highest BCUT2D eigenvalue weighted by Crippen LogP contribution is 2.30. The van der Waals surface area contributed by atoms with Crippen molar-refractivity contribution in [2.24, 2.45) is 0 Å². The number of aromatic amines is 1. The molecule has 27 heavy (non-hydrogen) atoms. The van der Waals surface area contributed by atoms with Crippen molar-refractivity contribution in [2.75, 3.05) is 0 Å². The number of hydrogen-bond acceptors (Lipinski definition) is 3. The summed E-state index contributed by atoms with van der Waals surface area (Å²) in [5, 5.41) is 0.341. The van der Waals surface area contributed by atoms with Crippen molar-refractivity contribution in [1.82, 2.24) is 4.98 Å². The Morgan fingerprint density at radius 1 is 0.778 bits per heavy atom. The quantitative estimate of drug-likeness (QED) is 0.498. The van der Waals surface area contributed by atoms with Crippen molar-refractivity contribution in [1.29, 1.82) is 0 Å². The first-order chi connectivity index (χ1) is 13.0. The van der Waals surface area contributed by atoms with E-state index in [0.29, 0.717) is 22.2 Å². The number of hydrogen-bond donors (Lipinski definition) is 1. The van der Waals surface area contributed by atoms with Gasteiger partial charge in [0.25, 0.3) is 0 Å². The number of para-hydroxylation sites is 1. The van der Waals surface area contributed by atoms with Gasteiger partial charge in [-0.3, -0.25) is 4.79 Å². The van der Waals surface area contributed by atoms with Crippen molar-refractivity contribution < 1.29 is 8.42 Å². The molecule has 1 N–H and O–H groups in total. The van der Waals surface area contributed by atoms with E-state index in [1.54, 1.807) is 60.7 Å². The Morgan fingerprint density at radius 3 is 2.11 bits per heavy atom. The molecule has 0 fully saturated rings. The molecule has 4 nitrogen and oxygen atoms in total. The van der Waals surface area contributed by atoms with Crippen molar-refractivity contribution in [2.45, 2.75) is 9.79 Å². The number of aromatic nitrogens is 1. The second-order valence-corrected chi connectivity index (χ2v) is 8.83. The minimum Gasteiger partial charge on any atom is -0.353 e. The van der Waals surface area contributed by atoms with Gasteiger partial charge < -0.3 is 4.98 Å². The van der Waals surface area contributed by atoms with Gasteiger partial charge in [0, 0.05) is 15.4 Å². The maximum Gasteiger partial charge on any atom is 0.212 e. The van der Waals surface area contributed by atoms with Gasteiger partial charge >= 0.3 is 0 Å². The molecule has 1 aromatic heterocycles. The van der Waals surface area contributed by atoms with Crippen LogP contribution < -0.4 is 5.43 Å². The number of nitrogens with one attached hydrogen (secondary N) is 1. The highest BCUT2D eigenvalue weighted by molar-refractivity contribution is 9.10. The normalized spacial score (nSPS) is 11.6. The lowest BCUT2D eigenvalue weighted by molar-refractivity contribution is 0.595. The molecule has 0 unspecified atom stereocenters. The Balaban J connectivity index is 2.11. The van der Waals surface area contributed by atoms with Crippen LogP contribution in [-0.2, 0) is 9.84 Å². The zero-order valence-corrected chi connectivity index (χ0v) is 16.4. The van der Waals surface area contributed by atoms with E-state index in [4.69, 9.17) is 0 Å². The van der Waals surface area contributed by atoms with E-state index in [-0.39, 0.29) is 9.79 Å². The van der Waals surface area contributed by atoms with Gasteiger partial charge in [0.15, 0.2) is 0 Å². The van der Waals surface area contributed by atoms with Crippen LogP contribution in [0.4, 0.5) is 0 Å². The highest BCUT2D eigenvalue weighted by Gasteiger charge is 2.27. The number of pyridine rings is 1. The number of sulfone groups is 1. The van der Waals surface area contributed by atoms with Crippen LogP contribution in [0.2, 0.25) is 0 Å². The van der Waals surface area contributed by atoms with Gasteiger partial charge in [0.2, 0.25) is 15.3 Å². The van der Waals surface area contributed by atoms with Gasteiger partial charge in [-0.15, -0.1) is 0 Å². The Kier molecular flexibility index (Phi) is 4.45. The number of halogens is 1. The number of rotatable bonds is 3. The third-order valence-electron chi connectivity index (χ3n) is 4.32. The molecular weight excluding hydrogens is 426 g/mol. The van der Waals surface area contributed by atoms with Crippen LogP contribution >= 0.6 is 15.9 Å². The van der Waals surface area contributed by atoms with Gasteiger partial charge in [-0.05, 0) is 42.0 Å². The molecule has 0 amide bonds. The first kappa shape index (κ1) is 17.7. The van der Waals surface area contributed by atoms with E-state index in [1.165, 1.54) is 12.1 Å². The molecule has 134 valence electrons. The van der Waals surface area contributed by atoms with Crippen molar-refractivity contribution >= 4 is 36.7 Å². The second kappa shape index (κ2) is 6.79. The molecule has 0 bridgehead atoms. The van der Waals surface area contributed by atoms with Gasteiger partial charge in [-0.1, -0.05) is 58.4 Å². The average molecular weight is 440 g/mol. The van der Waals surface area contributed by atoms with Crippen LogP contribution in [0.3, 0.4) is 0 Å². The Bertz CT molecular complexity index is 1300. The molecule has 0 saturated heterocycles. The van der Waals surface area contributed by atoms with Gasteiger partial charge in [-0.2, -0.15) is 0 Å². The smallest absolute Gasteiger partial charge is 0.212 e. The van der Waals surface area contributed by atoms with Crippen LogP contribution in [-0.4, -0.2) is 13.4 Å². The van der Waals surface area contributed by atoms with Crippen LogP contribution in [0.15, 0.2) is 97.9 Å². The standard InChI is InChI=1S/C21H14BrNO3S/c22-15-10-12-16(13-11-15)27(25,26)21-19(14-6-2-1-3-7-14)23-18-9-5-4-8-17(18)20(21)24/h1-13H,(H,23,24). The summed E-state index contributed by atoms with van der Waals surface area (Å²) in [6.45, 7) is 0. The lowest BCUT2D eigenvalue weighted by Crippen LogP contribution is -2.18. The number of H-pyrrole nitrogens is 1. The average Bonchev–Trinajstić information content (AvgIpc) is 2.68. The maximum absolute atomic E-state index is 13.4. The summed E-state index contributed by atoms with van der Waals surface area (Å²) in [6, 6.07) is 22.2. The van der Waals surface area contributed by atoms with Crippen molar-refractivity contribution in [3.63, 3.8) is 0 Å². The second-order valence-electron chi connectivity index (χ2n) is 6.03. The Labute approximate surface area is 164 Å². The fraction of sp³-hybridized carbons (Fsp3) is 0. The predicted octanol–water partition coefficient (Wildman–Crippen LogP) is 4.79. The van der Waals surface area contributed by atoms with E-state index < -0.39 is 15.3 Å². The zero-order chi connectivity index (χ0) is 19.0. The van der Waals surface area contributed by atoms with Gasteiger partial charge in [-0.25, -0.2) is 8.42 Å². The van der Waals surface area contributed by atoms with E-state index in [2.05, 4.69) is 20.9 Å². The topological polar surface area (TPSA) is 67.0 Å². The largest absolute Gasteiger partial charge is 0.353 e. The minimum absolute atomic E-state index is 0.0728. The van der Waals surface area contributed by atoms with Crippen LogP contribution in [0.5, 0.6) is 0 Å². The molecule has 3 aromatic carbocycles. The van der Waals surface area contributed by atoms with E-state index in [9.17, 15) is 13.2 Å². The molecule has 0 radical (unpaired) electrons. The van der Waals surface area contributed by atoms with E-state index in [1.807, 2.05) is 6.07 Å². The van der Waals surface area contributed by atoms with Gasteiger partial charge in [0.1, 0.15) is 4.90 Å². The van der Waals surface area contributed by atoms with E-state index in [0.717, 1.165) is 4.47 Å². The number of fused-ring (bicyclic) bond motifs is 1. The molecule has 0 atom stereocenters. The van der Waals surface area contributed by atoms with Crippen molar-refractivity contribution in [3.8, 4) is 11.3 Å². The molecule has 0 aliphatic carbocycles. The van der Waals surface area contributed by atoms with Gasteiger partial charge in [0.05, 0.1) is 10.6 Å². The Hall–Kier alpha value is -2.70. The van der Waals surface area contributed by atoms with Crippen LogP contribution in [0, 0.1) is 0 Å². The summed E-state index contributed by atoms with van der Waals surface area (Å²) in [4.78, 5) is 16.2. The van der Waals surface area contributed by atoms with Crippen molar-refractivity contribution in [3.05, 3.63) is 93.6 Å². The third-order valence-corrected chi connectivity index (χ3v) is 6.67. The third kappa shape index (κ3) is 3.11. The monoisotopic (exact) mass is 439 g/mol. The Morgan fingerprint density at radius 2 is 1.41 bits per heavy atom. The maximum atomic E-state index is 13.4. The summed E-state index contributed by atoms with van der Waals surface area (Å²) >= 11 is 3.30. The fourth-order valence-electron chi connectivity index (χ4n) is 3.01. The summed E-state index contributed by atoms with van der Waals surface area (Å²) in [7, 11) is -4.02. The molecule has 0 aliphatic rings. The molecule has 0 saturated carbocycles. The minimum atomic E-state index is -4.02. The first-order valence-corrected chi connectivity index (χ1v) is 10.5. The van der Waals surface area contributed by atoms with E-state index >= 15 is 0 Å². The predicted molar refractivity (Wildman–Crippen MR) is 110 cm³/mol. The number of benzene rings is 3. The lowest BCUT2D eigenvalue weighted by Gasteiger charge is -2.12. The SMILES string of the molecule is O=c1c(S(=O)(=O)c2ccc(Br)cc2)c(-c2ccccc2)[nH]c2ccccc12.